The second kappa shape index (κ2) is 5.09. The van der Waals surface area contributed by atoms with Gasteiger partial charge in [-0.1, -0.05) is 12.1 Å². The van der Waals surface area contributed by atoms with E-state index in [9.17, 15) is 18.4 Å². The summed E-state index contributed by atoms with van der Waals surface area (Å²) in [5.74, 6) is -2.40. The lowest BCUT2D eigenvalue weighted by Gasteiger charge is -2.05. The maximum Gasteiger partial charge on any atom is 0.228 e. The summed E-state index contributed by atoms with van der Waals surface area (Å²) in [7, 11) is 0. The summed E-state index contributed by atoms with van der Waals surface area (Å²) in [6, 6.07) is 8.60. The van der Waals surface area contributed by atoms with Crippen LogP contribution in [0, 0.1) is 11.6 Å². The highest BCUT2D eigenvalue weighted by Gasteiger charge is 2.20. The number of hydrogen-bond donors (Lipinski definition) is 1. The van der Waals surface area contributed by atoms with E-state index in [-0.39, 0.29) is 30.1 Å². The Balaban J connectivity index is 1.85. The van der Waals surface area contributed by atoms with Gasteiger partial charge in [-0.05, 0) is 35.4 Å². The van der Waals surface area contributed by atoms with E-state index >= 15 is 0 Å². The minimum absolute atomic E-state index is 0.0229. The summed E-state index contributed by atoms with van der Waals surface area (Å²) in [5, 5.41) is 2.67. The maximum atomic E-state index is 13.6. The summed E-state index contributed by atoms with van der Waals surface area (Å²) in [4.78, 5) is 23.4. The minimum atomic E-state index is -0.996. The molecule has 1 amide bonds. The van der Waals surface area contributed by atoms with Crippen molar-refractivity contribution in [3.63, 3.8) is 0 Å². The van der Waals surface area contributed by atoms with Gasteiger partial charge in [-0.3, -0.25) is 9.59 Å². The molecule has 0 aromatic heterocycles. The Morgan fingerprint density at radius 1 is 1.19 bits per heavy atom. The summed E-state index contributed by atoms with van der Waals surface area (Å²) in [5.41, 5.74) is 1.84. The zero-order valence-corrected chi connectivity index (χ0v) is 11.0. The lowest BCUT2D eigenvalue weighted by molar-refractivity contribution is -0.115. The highest BCUT2D eigenvalue weighted by Crippen LogP contribution is 2.24. The van der Waals surface area contributed by atoms with Crippen LogP contribution < -0.4 is 5.32 Å². The van der Waals surface area contributed by atoms with Crippen molar-refractivity contribution in [2.45, 2.75) is 12.8 Å². The predicted octanol–water partition coefficient (Wildman–Crippen LogP) is 2.88. The Hall–Kier alpha value is -2.56. The maximum absolute atomic E-state index is 13.6. The van der Waals surface area contributed by atoms with Gasteiger partial charge in [0.1, 0.15) is 0 Å². The SMILES string of the molecule is O=C1Cc2cc(C(=O)Cc3cccc(F)c3F)ccc2N1. The van der Waals surface area contributed by atoms with Crippen molar-refractivity contribution in [1.82, 2.24) is 0 Å². The molecule has 1 N–H and O–H groups in total. The number of halogens is 2. The molecular weight excluding hydrogens is 276 g/mol. The number of hydrogen-bond acceptors (Lipinski definition) is 2. The van der Waals surface area contributed by atoms with Gasteiger partial charge >= 0.3 is 0 Å². The standard InChI is InChI=1S/C16H11F2NO2/c17-12-3-1-2-10(16(12)18)7-14(20)9-4-5-13-11(6-9)8-15(21)19-13/h1-6H,7-8H2,(H,19,21). The topological polar surface area (TPSA) is 46.2 Å². The Kier molecular flexibility index (Phi) is 3.25. The fourth-order valence-corrected chi connectivity index (χ4v) is 2.36. The van der Waals surface area contributed by atoms with Gasteiger partial charge in [0.05, 0.1) is 6.42 Å². The summed E-state index contributed by atoms with van der Waals surface area (Å²) in [6.45, 7) is 0. The minimum Gasteiger partial charge on any atom is -0.326 e. The van der Waals surface area contributed by atoms with Crippen molar-refractivity contribution in [2.75, 3.05) is 5.32 Å². The molecule has 1 aliphatic heterocycles. The first-order chi connectivity index (χ1) is 10.0. The molecule has 3 rings (SSSR count). The molecule has 0 radical (unpaired) electrons. The number of anilines is 1. The van der Waals surface area contributed by atoms with Gasteiger partial charge in [0.25, 0.3) is 0 Å². The monoisotopic (exact) mass is 287 g/mol. The number of rotatable bonds is 3. The Morgan fingerprint density at radius 2 is 2.00 bits per heavy atom. The quantitative estimate of drug-likeness (QED) is 0.882. The molecular formula is C16H11F2NO2. The molecule has 0 unspecified atom stereocenters. The lowest BCUT2D eigenvalue weighted by atomic mass is 10.00. The molecule has 3 nitrogen and oxygen atoms in total. The van der Waals surface area contributed by atoms with E-state index in [1.807, 2.05) is 0 Å². The summed E-state index contributed by atoms with van der Waals surface area (Å²) < 4.78 is 26.7. The van der Waals surface area contributed by atoms with E-state index < -0.39 is 11.6 Å². The number of carbonyl (C=O) groups excluding carboxylic acids is 2. The third-order valence-corrected chi connectivity index (χ3v) is 3.43. The van der Waals surface area contributed by atoms with Gasteiger partial charge in [-0.25, -0.2) is 8.78 Å². The van der Waals surface area contributed by atoms with Gasteiger partial charge in [0.15, 0.2) is 17.4 Å². The van der Waals surface area contributed by atoms with E-state index in [1.165, 1.54) is 12.1 Å². The van der Waals surface area contributed by atoms with E-state index in [0.29, 0.717) is 11.3 Å². The van der Waals surface area contributed by atoms with Crippen LogP contribution in [0.1, 0.15) is 21.5 Å². The third-order valence-electron chi connectivity index (χ3n) is 3.43. The van der Waals surface area contributed by atoms with Gasteiger partial charge in [-0.15, -0.1) is 0 Å². The molecule has 21 heavy (non-hydrogen) atoms. The number of Topliss-reactive ketones (excluding diaryl/α,β-unsaturated/α-hetero) is 1. The van der Waals surface area contributed by atoms with Crippen molar-refractivity contribution >= 4 is 17.4 Å². The summed E-state index contributed by atoms with van der Waals surface area (Å²) >= 11 is 0. The molecule has 0 atom stereocenters. The van der Waals surface area contributed by atoms with Crippen LogP contribution in [-0.4, -0.2) is 11.7 Å². The van der Waals surface area contributed by atoms with Crippen LogP contribution >= 0.6 is 0 Å². The number of nitrogens with one attached hydrogen (secondary N) is 1. The molecule has 1 aliphatic rings. The highest BCUT2D eigenvalue weighted by atomic mass is 19.2. The van der Waals surface area contributed by atoms with Crippen LogP contribution in [0.25, 0.3) is 0 Å². The lowest BCUT2D eigenvalue weighted by Crippen LogP contribution is -2.06. The van der Waals surface area contributed by atoms with Crippen molar-refractivity contribution < 1.29 is 18.4 Å². The first kappa shape index (κ1) is 13.4. The molecule has 1 heterocycles. The van der Waals surface area contributed by atoms with Crippen LogP contribution in [0.4, 0.5) is 14.5 Å². The van der Waals surface area contributed by atoms with Crippen LogP contribution in [0.15, 0.2) is 36.4 Å². The third kappa shape index (κ3) is 2.54. The largest absolute Gasteiger partial charge is 0.326 e. The second-order valence-corrected chi connectivity index (χ2v) is 4.91. The molecule has 0 saturated carbocycles. The average Bonchev–Trinajstić information content (AvgIpc) is 2.82. The van der Waals surface area contributed by atoms with Crippen molar-refractivity contribution in [3.8, 4) is 0 Å². The average molecular weight is 287 g/mol. The van der Waals surface area contributed by atoms with Crippen molar-refractivity contribution in [3.05, 3.63) is 64.7 Å². The zero-order valence-electron chi connectivity index (χ0n) is 11.0. The number of amides is 1. The Morgan fingerprint density at radius 3 is 2.81 bits per heavy atom. The normalized spacial score (nSPS) is 13.0. The van der Waals surface area contributed by atoms with Gasteiger partial charge in [0.2, 0.25) is 5.91 Å². The molecule has 2 aromatic rings. The smallest absolute Gasteiger partial charge is 0.228 e. The van der Waals surface area contributed by atoms with Crippen molar-refractivity contribution in [1.29, 1.82) is 0 Å². The number of benzene rings is 2. The Labute approximate surface area is 119 Å². The molecule has 2 aromatic carbocycles. The van der Waals surface area contributed by atoms with Crippen LogP contribution in [0.5, 0.6) is 0 Å². The molecule has 0 aliphatic carbocycles. The zero-order chi connectivity index (χ0) is 15.0. The molecule has 0 bridgehead atoms. The van der Waals surface area contributed by atoms with Crippen molar-refractivity contribution in [2.24, 2.45) is 0 Å². The second-order valence-electron chi connectivity index (χ2n) is 4.91. The molecule has 5 heteroatoms. The molecule has 0 saturated heterocycles. The first-order valence-corrected chi connectivity index (χ1v) is 6.43. The first-order valence-electron chi connectivity index (χ1n) is 6.43. The number of fused-ring (bicyclic) bond motifs is 1. The Bertz CT molecular complexity index is 756. The predicted molar refractivity (Wildman–Crippen MR) is 73.2 cm³/mol. The van der Waals surface area contributed by atoms with E-state index in [2.05, 4.69) is 5.32 Å². The van der Waals surface area contributed by atoms with E-state index in [1.54, 1.807) is 18.2 Å². The van der Waals surface area contributed by atoms with Crippen LogP contribution in [-0.2, 0) is 17.6 Å². The van der Waals surface area contributed by atoms with E-state index in [4.69, 9.17) is 0 Å². The van der Waals surface area contributed by atoms with Crippen LogP contribution in [0.2, 0.25) is 0 Å². The van der Waals surface area contributed by atoms with Crippen LogP contribution in [0.3, 0.4) is 0 Å². The number of carbonyl (C=O) groups is 2. The van der Waals surface area contributed by atoms with Gasteiger partial charge in [0, 0.05) is 17.7 Å². The highest BCUT2D eigenvalue weighted by molar-refractivity contribution is 6.02. The van der Waals surface area contributed by atoms with Gasteiger partial charge < -0.3 is 5.32 Å². The van der Waals surface area contributed by atoms with E-state index in [0.717, 1.165) is 11.6 Å². The van der Waals surface area contributed by atoms with Gasteiger partial charge in [-0.2, -0.15) is 0 Å². The fraction of sp³-hybridized carbons (Fsp3) is 0.125. The summed E-state index contributed by atoms with van der Waals surface area (Å²) in [6.07, 6.45) is 0.00847. The molecule has 106 valence electrons. The number of ketones is 1. The fourth-order valence-electron chi connectivity index (χ4n) is 2.36. The molecule has 0 spiro atoms. The molecule has 0 fully saturated rings.